The summed E-state index contributed by atoms with van der Waals surface area (Å²) in [5.41, 5.74) is 3.96. The van der Waals surface area contributed by atoms with Crippen molar-refractivity contribution in [2.45, 2.75) is 38.7 Å². The van der Waals surface area contributed by atoms with E-state index in [1.54, 1.807) is 0 Å². The third kappa shape index (κ3) is 4.01. The summed E-state index contributed by atoms with van der Waals surface area (Å²) in [6.45, 7) is 7.63. The maximum Gasteiger partial charge on any atom is 0.253 e. The number of hydrogen-bond acceptors (Lipinski definition) is 3. The van der Waals surface area contributed by atoms with Crippen LogP contribution in [0.15, 0.2) is 54.6 Å². The Hall–Kier alpha value is -2.59. The summed E-state index contributed by atoms with van der Waals surface area (Å²) < 4.78 is 6.60. The topological polar surface area (TPSA) is 32.8 Å². The fraction of sp³-hybridized carbons (Fsp3) is 0.423. The van der Waals surface area contributed by atoms with E-state index in [1.807, 2.05) is 36.9 Å². The van der Waals surface area contributed by atoms with Crippen LogP contribution in [0.2, 0.25) is 0 Å². The Balaban J connectivity index is 1.71. The minimum atomic E-state index is -0.260. The van der Waals surface area contributed by atoms with Gasteiger partial charge >= 0.3 is 0 Å². The van der Waals surface area contributed by atoms with Gasteiger partial charge in [0, 0.05) is 37.2 Å². The molecule has 2 aromatic rings. The Kier molecular flexibility index (Phi) is 5.96. The van der Waals surface area contributed by atoms with Crippen LogP contribution in [-0.2, 0) is 0 Å². The quantitative estimate of drug-likeness (QED) is 0.730. The van der Waals surface area contributed by atoms with Crippen molar-refractivity contribution in [1.82, 2.24) is 9.80 Å². The molecule has 4 heteroatoms. The van der Waals surface area contributed by atoms with Crippen LogP contribution < -0.4 is 4.74 Å². The number of hydrogen-bond donors (Lipinski definition) is 0. The zero-order valence-corrected chi connectivity index (χ0v) is 18.4. The van der Waals surface area contributed by atoms with Crippen molar-refractivity contribution < 1.29 is 9.53 Å². The van der Waals surface area contributed by atoms with E-state index in [4.69, 9.17) is 4.74 Å². The smallest absolute Gasteiger partial charge is 0.253 e. The summed E-state index contributed by atoms with van der Waals surface area (Å²) in [5, 5.41) is 0. The summed E-state index contributed by atoms with van der Waals surface area (Å²) in [5.74, 6) is 1.05. The van der Waals surface area contributed by atoms with E-state index in [0.717, 1.165) is 67.9 Å². The molecule has 2 aromatic carbocycles. The fourth-order valence-electron chi connectivity index (χ4n) is 4.60. The number of benzene rings is 2. The van der Waals surface area contributed by atoms with E-state index in [9.17, 15) is 4.79 Å². The fourth-order valence-corrected chi connectivity index (χ4v) is 4.60. The number of ether oxygens (including phenoxy) is 1. The third-order valence-corrected chi connectivity index (χ3v) is 6.45. The molecule has 1 spiro atoms. The number of carbonyl (C=O) groups is 1. The standard InChI is InChI=1S/C26H32N2O2/c1-4-28(5-2)25(29)21-13-11-20(12-14-21)23-19-26(15-8-17-27(3)18-16-26)30-24-10-7-6-9-22(23)24/h6-7,9-14,19H,4-5,8,15-18H2,1-3H3. The van der Waals surface area contributed by atoms with E-state index in [1.165, 1.54) is 5.57 Å². The molecule has 0 bridgehead atoms. The predicted octanol–water partition coefficient (Wildman–Crippen LogP) is 4.85. The SMILES string of the molecule is CCN(CC)C(=O)c1ccc(C2=CC3(CCCN(C)CC3)Oc3ccccc32)cc1. The second kappa shape index (κ2) is 8.65. The molecular weight excluding hydrogens is 372 g/mol. The van der Waals surface area contributed by atoms with Gasteiger partial charge in [-0.25, -0.2) is 0 Å². The van der Waals surface area contributed by atoms with Gasteiger partial charge in [-0.05, 0) is 75.7 Å². The van der Waals surface area contributed by atoms with Crippen LogP contribution >= 0.6 is 0 Å². The molecule has 4 rings (SSSR count). The van der Waals surface area contributed by atoms with Gasteiger partial charge in [-0.2, -0.15) is 0 Å². The van der Waals surface area contributed by atoms with Gasteiger partial charge in [-0.15, -0.1) is 0 Å². The normalized spacial score (nSPS) is 21.4. The van der Waals surface area contributed by atoms with Crippen molar-refractivity contribution in [1.29, 1.82) is 0 Å². The molecule has 4 nitrogen and oxygen atoms in total. The van der Waals surface area contributed by atoms with E-state index >= 15 is 0 Å². The van der Waals surface area contributed by atoms with E-state index in [-0.39, 0.29) is 11.5 Å². The van der Waals surface area contributed by atoms with Gasteiger partial charge in [0.25, 0.3) is 5.91 Å². The van der Waals surface area contributed by atoms with E-state index in [2.05, 4.69) is 48.4 Å². The van der Waals surface area contributed by atoms with Crippen LogP contribution in [0.1, 0.15) is 54.6 Å². The Morgan fingerprint density at radius 3 is 2.50 bits per heavy atom. The monoisotopic (exact) mass is 404 g/mol. The molecule has 0 aromatic heterocycles. The van der Waals surface area contributed by atoms with Crippen molar-refractivity contribution in [3.8, 4) is 5.75 Å². The van der Waals surface area contributed by atoms with Crippen molar-refractivity contribution in [3.05, 3.63) is 71.3 Å². The zero-order valence-electron chi connectivity index (χ0n) is 18.4. The number of para-hydroxylation sites is 1. The first kappa shape index (κ1) is 20.7. The van der Waals surface area contributed by atoms with E-state index < -0.39 is 0 Å². The molecule has 0 aliphatic carbocycles. The number of likely N-dealkylation sites (tertiary alicyclic amines) is 1. The van der Waals surface area contributed by atoms with Gasteiger partial charge in [0.15, 0.2) is 0 Å². The first-order valence-corrected chi connectivity index (χ1v) is 11.1. The van der Waals surface area contributed by atoms with Gasteiger partial charge in [-0.1, -0.05) is 30.3 Å². The molecule has 2 heterocycles. The molecule has 2 aliphatic rings. The Morgan fingerprint density at radius 1 is 1.03 bits per heavy atom. The van der Waals surface area contributed by atoms with Crippen LogP contribution in [0, 0.1) is 0 Å². The van der Waals surface area contributed by atoms with E-state index in [0.29, 0.717) is 0 Å². The Labute approximate surface area is 180 Å². The zero-order chi connectivity index (χ0) is 21.1. The van der Waals surface area contributed by atoms with Crippen molar-refractivity contribution >= 4 is 11.5 Å². The molecule has 1 unspecified atom stereocenters. The van der Waals surface area contributed by atoms with Crippen LogP contribution in [0.25, 0.3) is 5.57 Å². The van der Waals surface area contributed by atoms with Crippen molar-refractivity contribution in [3.63, 3.8) is 0 Å². The lowest BCUT2D eigenvalue weighted by atomic mass is 9.84. The minimum absolute atomic E-state index is 0.0937. The average Bonchev–Trinajstić information content (AvgIpc) is 2.95. The van der Waals surface area contributed by atoms with Gasteiger partial charge in [0.05, 0.1) is 0 Å². The van der Waals surface area contributed by atoms with Crippen LogP contribution in [0.5, 0.6) is 5.75 Å². The molecule has 0 N–H and O–H groups in total. The maximum atomic E-state index is 12.7. The first-order chi connectivity index (χ1) is 14.5. The summed E-state index contributed by atoms with van der Waals surface area (Å²) in [6, 6.07) is 16.4. The first-order valence-electron chi connectivity index (χ1n) is 11.1. The highest BCUT2D eigenvalue weighted by atomic mass is 16.5. The van der Waals surface area contributed by atoms with Gasteiger partial charge < -0.3 is 14.5 Å². The molecule has 0 radical (unpaired) electrons. The second-order valence-corrected chi connectivity index (χ2v) is 8.43. The number of rotatable bonds is 4. The highest BCUT2D eigenvalue weighted by molar-refractivity contribution is 5.95. The molecule has 1 saturated heterocycles. The summed E-state index contributed by atoms with van der Waals surface area (Å²) in [6.07, 6.45) is 5.48. The number of fused-ring (bicyclic) bond motifs is 1. The molecular formula is C26H32N2O2. The highest BCUT2D eigenvalue weighted by Gasteiger charge is 2.37. The molecule has 0 saturated carbocycles. The number of carbonyl (C=O) groups excluding carboxylic acids is 1. The lowest BCUT2D eigenvalue weighted by Gasteiger charge is -2.36. The lowest BCUT2D eigenvalue weighted by Crippen LogP contribution is -2.37. The van der Waals surface area contributed by atoms with Gasteiger partial charge in [-0.3, -0.25) is 4.79 Å². The third-order valence-electron chi connectivity index (χ3n) is 6.45. The molecule has 2 aliphatic heterocycles. The average molecular weight is 405 g/mol. The molecule has 1 fully saturated rings. The molecule has 1 amide bonds. The Bertz CT molecular complexity index is 930. The van der Waals surface area contributed by atoms with Crippen molar-refractivity contribution in [2.24, 2.45) is 0 Å². The number of amides is 1. The predicted molar refractivity (Wildman–Crippen MR) is 122 cm³/mol. The summed E-state index contributed by atoms with van der Waals surface area (Å²) in [7, 11) is 2.19. The highest BCUT2D eigenvalue weighted by Crippen LogP contribution is 2.43. The van der Waals surface area contributed by atoms with Crippen molar-refractivity contribution in [2.75, 3.05) is 33.2 Å². The van der Waals surface area contributed by atoms with Crippen LogP contribution in [0.3, 0.4) is 0 Å². The van der Waals surface area contributed by atoms with Crippen LogP contribution in [-0.4, -0.2) is 54.5 Å². The van der Waals surface area contributed by atoms with Crippen LogP contribution in [0.4, 0.5) is 0 Å². The number of nitrogens with zero attached hydrogens (tertiary/aromatic N) is 2. The molecule has 158 valence electrons. The minimum Gasteiger partial charge on any atom is -0.482 e. The molecule has 30 heavy (non-hydrogen) atoms. The van der Waals surface area contributed by atoms with Gasteiger partial charge in [0.1, 0.15) is 11.4 Å². The maximum absolute atomic E-state index is 12.7. The summed E-state index contributed by atoms with van der Waals surface area (Å²) >= 11 is 0. The largest absolute Gasteiger partial charge is 0.482 e. The summed E-state index contributed by atoms with van der Waals surface area (Å²) in [4.78, 5) is 16.9. The van der Waals surface area contributed by atoms with Gasteiger partial charge in [0.2, 0.25) is 0 Å². The molecule has 1 atom stereocenters. The lowest BCUT2D eigenvalue weighted by molar-refractivity contribution is 0.0773. The Morgan fingerprint density at radius 2 is 1.77 bits per heavy atom. The second-order valence-electron chi connectivity index (χ2n) is 8.43.